The highest BCUT2D eigenvalue weighted by Crippen LogP contribution is 2.46. The highest BCUT2D eigenvalue weighted by Gasteiger charge is 2.48. The number of hydrogen-bond acceptors (Lipinski definition) is 3. The molecule has 24 heavy (non-hydrogen) atoms. The minimum absolute atomic E-state index is 0.0547. The molecule has 128 valence electrons. The predicted octanol–water partition coefficient (Wildman–Crippen LogP) is 2.02. The van der Waals surface area contributed by atoms with Crippen LogP contribution in [0.5, 0.6) is 0 Å². The second-order valence-electron chi connectivity index (χ2n) is 7.24. The Morgan fingerprint density at radius 2 is 2.00 bits per heavy atom. The molecule has 5 nitrogen and oxygen atoms in total. The summed E-state index contributed by atoms with van der Waals surface area (Å²) in [4.78, 5) is 26.6. The summed E-state index contributed by atoms with van der Waals surface area (Å²) in [6, 6.07) is 4.14. The Kier molecular flexibility index (Phi) is 3.60. The van der Waals surface area contributed by atoms with Gasteiger partial charge in [0.15, 0.2) is 0 Å². The van der Waals surface area contributed by atoms with E-state index in [0.29, 0.717) is 24.3 Å². The van der Waals surface area contributed by atoms with E-state index in [1.165, 1.54) is 18.2 Å². The van der Waals surface area contributed by atoms with E-state index in [0.717, 1.165) is 25.7 Å². The molecule has 2 aliphatic heterocycles. The number of fused-ring (bicyclic) bond motifs is 1. The van der Waals surface area contributed by atoms with Gasteiger partial charge in [0, 0.05) is 25.2 Å². The van der Waals surface area contributed by atoms with Crippen molar-refractivity contribution in [3.63, 3.8) is 0 Å². The lowest BCUT2D eigenvalue weighted by Crippen LogP contribution is -2.45. The molecule has 3 aliphatic rings. The van der Waals surface area contributed by atoms with Crippen molar-refractivity contribution >= 4 is 17.5 Å². The fraction of sp³-hybridized carbons (Fsp3) is 0.556. The summed E-state index contributed by atoms with van der Waals surface area (Å²) in [6.45, 7) is 1.18. The first-order chi connectivity index (χ1) is 11.5. The van der Waals surface area contributed by atoms with Crippen LogP contribution in [-0.2, 0) is 9.59 Å². The van der Waals surface area contributed by atoms with Gasteiger partial charge in [0.2, 0.25) is 11.8 Å². The van der Waals surface area contributed by atoms with Crippen molar-refractivity contribution < 1.29 is 19.1 Å². The zero-order chi connectivity index (χ0) is 16.9. The summed E-state index contributed by atoms with van der Waals surface area (Å²) < 4.78 is 13.6. The third kappa shape index (κ3) is 2.69. The first-order valence-corrected chi connectivity index (χ1v) is 8.57. The lowest BCUT2D eigenvalue weighted by Gasteiger charge is -2.37. The lowest BCUT2D eigenvalue weighted by atomic mass is 9.86. The Morgan fingerprint density at radius 1 is 1.29 bits per heavy atom. The standard InChI is InChI=1S/C18H21FN2O3/c19-12-1-2-15-13(9-12)14(10-16(22)20-15)17(23)21-7-3-11(4-8-21)18(24)5-6-18/h1-2,9,11,14,24H,3-8,10H2,(H,20,22). The number of amides is 2. The summed E-state index contributed by atoms with van der Waals surface area (Å²) in [5, 5.41) is 12.9. The third-order valence-corrected chi connectivity index (χ3v) is 5.68. The summed E-state index contributed by atoms with van der Waals surface area (Å²) in [7, 11) is 0. The van der Waals surface area contributed by atoms with Gasteiger partial charge in [0.05, 0.1) is 11.5 Å². The molecule has 1 saturated heterocycles. The molecule has 0 spiro atoms. The zero-order valence-electron chi connectivity index (χ0n) is 13.4. The molecule has 2 amide bonds. The maximum atomic E-state index is 13.6. The van der Waals surface area contributed by atoms with Gasteiger partial charge in [0.25, 0.3) is 0 Å². The molecule has 1 atom stereocenters. The van der Waals surface area contributed by atoms with Crippen LogP contribution < -0.4 is 5.32 Å². The highest BCUT2D eigenvalue weighted by atomic mass is 19.1. The lowest BCUT2D eigenvalue weighted by molar-refractivity contribution is -0.137. The quantitative estimate of drug-likeness (QED) is 0.870. The van der Waals surface area contributed by atoms with Gasteiger partial charge in [-0.1, -0.05) is 0 Å². The Bertz CT molecular complexity index is 694. The van der Waals surface area contributed by atoms with Crippen LogP contribution in [0.3, 0.4) is 0 Å². The third-order valence-electron chi connectivity index (χ3n) is 5.68. The first-order valence-electron chi connectivity index (χ1n) is 8.57. The largest absolute Gasteiger partial charge is 0.390 e. The summed E-state index contributed by atoms with van der Waals surface area (Å²) in [5.74, 6) is -1.09. The molecule has 1 aliphatic carbocycles. The molecule has 1 aromatic rings. The number of carbonyl (C=O) groups is 2. The van der Waals surface area contributed by atoms with Gasteiger partial charge in [-0.25, -0.2) is 4.39 Å². The van der Waals surface area contributed by atoms with Crippen LogP contribution in [0.15, 0.2) is 18.2 Å². The van der Waals surface area contributed by atoms with E-state index >= 15 is 0 Å². The minimum Gasteiger partial charge on any atom is -0.390 e. The van der Waals surface area contributed by atoms with Crippen LogP contribution in [0.2, 0.25) is 0 Å². The van der Waals surface area contributed by atoms with Crippen molar-refractivity contribution in [3.05, 3.63) is 29.6 Å². The SMILES string of the molecule is O=C1CC(C(=O)N2CCC(C3(O)CC3)CC2)c2cc(F)ccc2N1. The van der Waals surface area contributed by atoms with Gasteiger partial charge >= 0.3 is 0 Å². The highest BCUT2D eigenvalue weighted by molar-refractivity contribution is 6.01. The summed E-state index contributed by atoms with van der Waals surface area (Å²) in [6.07, 6.45) is 3.36. The molecule has 0 radical (unpaired) electrons. The molecular formula is C18H21FN2O3. The molecule has 2 N–H and O–H groups in total. The van der Waals surface area contributed by atoms with E-state index in [1.807, 2.05) is 0 Å². The van der Waals surface area contributed by atoms with Crippen molar-refractivity contribution in [2.75, 3.05) is 18.4 Å². The van der Waals surface area contributed by atoms with E-state index in [9.17, 15) is 19.1 Å². The van der Waals surface area contributed by atoms with Crippen LogP contribution in [0.4, 0.5) is 10.1 Å². The molecule has 1 saturated carbocycles. The Balaban J connectivity index is 1.51. The van der Waals surface area contributed by atoms with Crippen LogP contribution in [0.25, 0.3) is 0 Å². The number of hydrogen-bond donors (Lipinski definition) is 2. The van der Waals surface area contributed by atoms with E-state index in [-0.39, 0.29) is 24.2 Å². The number of nitrogens with one attached hydrogen (secondary N) is 1. The van der Waals surface area contributed by atoms with Crippen LogP contribution in [0.1, 0.15) is 43.6 Å². The topological polar surface area (TPSA) is 69.6 Å². The van der Waals surface area contributed by atoms with Crippen molar-refractivity contribution in [1.29, 1.82) is 0 Å². The zero-order valence-corrected chi connectivity index (χ0v) is 13.4. The van der Waals surface area contributed by atoms with Crippen molar-refractivity contribution in [2.45, 2.75) is 43.6 Å². The fourth-order valence-electron chi connectivity index (χ4n) is 4.05. The Hall–Kier alpha value is -1.95. The average Bonchev–Trinajstić information content (AvgIpc) is 3.33. The number of rotatable bonds is 2. The van der Waals surface area contributed by atoms with Crippen LogP contribution in [0, 0.1) is 11.7 Å². The van der Waals surface area contributed by atoms with Crippen molar-refractivity contribution in [3.8, 4) is 0 Å². The maximum absolute atomic E-state index is 13.6. The number of anilines is 1. The van der Waals surface area contributed by atoms with Crippen molar-refractivity contribution in [1.82, 2.24) is 4.90 Å². The minimum atomic E-state index is -0.620. The average molecular weight is 332 g/mol. The Labute approximate surface area is 139 Å². The second-order valence-corrected chi connectivity index (χ2v) is 7.24. The van der Waals surface area contributed by atoms with Gasteiger partial charge in [-0.15, -0.1) is 0 Å². The predicted molar refractivity (Wildman–Crippen MR) is 85.9 cm³/mol. The number of piperidine rings is 1. The number of halogens is 1. The van der Waals surface area contributed by atoms with Crippen LogP contribution in [-0.4, -0.2) is 40.5 Å². The van der Waals surface area contributed by atoms with Crippen LogP contribution >= 0.6 is 0 Å². The molecule has 1 unspecified atom stereocenters. The van der Waals surface area contributed by atoms with E-state index in [4.69, 9.17) is 0 Å². The fourth-order valence-corrected chi connectivity index (χ4v) is 4.05. The molecule has 1 aromatic carbocycles. The molecule has 2 heterocycles. The normalized spacial score (nSPS) is 25.8. The molecule has 0 bridgehead atoms. The number of aliphatic hydroxyl groups is 1. The molecule has 4 rings (SSSR count). The second kappa shape index (κ2) is 5.55. The van der Waals surface area contributed by atoms with E-state index in [2.05, 4.69) is 5.32 Å². The molecule has 6 heteroatoms. The van der Waals surface area contributed by atoms with Gasteiger partial charge in [-0.2, -0.15) is 0 Å². The van der Waals surface area contributed by atoms with E-state index in [1.54, 1.807) is 4.90 Å². The maximum Gasteiger partial charge on any atom is 0.230 e. The molecule has 0 aromatic heterocycles. The monoisotopic (exact) mass is 332 g/mol. The van der Waals surface area contributed by atoms with E-state index < -0.39 is 17.3 Å². The number of likely N-dealkylation sites (tertiary alicyclic amines) is 1. The van der Waals surface area contributed by atoms with Gasteiger partial charge in [0.1, 0.15) is 5.82 Å². The number of nitrogens with zero attached hydrogens (tertiary/aromatic N) is 1. The molecule has 2 fully saturated rings. The number of carbonyl (C=O) groups excluding carboxylic acids is 2. The van der Waals surface area contributed by atoms with Gasteiger partial charge in [-0.3, -0.25) is 9.59 Å². The molecular weight excluding hydrogens is 311 g/mol. The summed E-state index contributed by atoms with van der Waals surface area (Å²) in [5.41, 5.74) is 0.575. The van der Waals surface area contributed by atoms with Crippen molar-refractivity contribution in [2.24, 2.45) is 5.92 Å². The Morgan fingerprint density at radius 3 is 2.67 bits per heavy atom. The summed E-state index contributed by atoms with van der Waals surface area (Å²) >= 11 is 0. The number of benzene rings is 1. The smallest absolute Gasteiger partial charge is 0.230 e. The first kappa shape index (κ1) is 15.6. The van der Waals surface area contributed by atoms with Gasteiger partial charge < -0.3 is 15.3 Å². The van der Waals surface area contributed by atoms with Gasteiger partial charge in [-0.05, 0) is 55.4 Å².